The van der Waals surface area contributed by atoms with Crippen molar-refractivity contribution in [2.24, 2.45) is 0 Å². The Labute approximate surface area is 99.1 Å². The number of nitrogens with zero attached hydrogens (tertiary/aromatic N) is 1. The van der Waals surface area contributed by atoms with Crippen LogP contribution in [0.15, 0.2) is 27.5 Å². The monoisotopic (exact) mass is 288 g/mol. The maximum absolute atomic E-state index is 4.20. The Bertz CT molecular complexity index is 383. The van der Waals surface area contributed by atoms with Crippen LogP contribution in [0, 0.1) is 0 Å². The van der Waals surface area contributed by atoms with Gasteiger partial charge in [0.1, 0.15) is 5.01 Å². The first-order valence-corrected chi connectivity index (χ1v) is 6.72. The first-order valence-electron chi connectivity index (χ1n) is 4.16. The predicted octanol–water partition coefficient (Wildman–Crippen LogP) is 3.26. The molecule has 0 aliphatic rings. The van der Waals surface area contributed by atoms with Gasteiger partial charge in [-0.15, -0.1) is 22.7 Å². The maximum atomic E-state index is 4.20. The van der Waals surface area contributed by atoms with E-state index in [1.54, 1.807) is 22.7 Å². The van der Waals surface area contributed by atoms with E-state index in [2.05, 4.69) is 37.7 Å². The molecule has 0 aromatic carbocycles. The summed E-state index contributed by atoms with van der Waals surface area (Å²) in [7, 11) is 0. The summed E-state index contributed by atoms with van der Waals surface area (Å²) in [6.07, 6.45) is 1.84. The number of hydrogen-bond acceptors (Lipinski definition) is 4. The Kier molecular flexibility index (Phi) is 3.69. The van der Waals surface area contributed by atoms with Crippen LogP contribution >= 0.6 is 38.6 Å². The van der Waals surface area contributed by atoms with Gasteiger partial charge in [-0.3, -0.25) is 0 Å². The molecule has 0 atom stereocenters. The van der Waals surface area contributed by atoms with Gasteiger partial charge in [0.05, 0.1) is 0 Å². The van der Waals surface area contributed by atoms with Crippen LogP contribution < -0.4 is 5.32 Å². The number of thiophene rings is 1. The molecule has 74 valence electrons. The molecule has 2 rings (SSSR count). The molecule has 2 aromatic heterocycles. The first-order chi connectivity index (χ1) is 6.84. The first kappa shape index (κ1) is 10.3. The maximum Gasteiger partial charge on any atom is 0.106 e. The van der Waals surface area contributed by atoms with E-state index in [4.69, 9.17) is 0 Å². The zero-order chi connectivity index (χ0) is 9.80. The van der Waals surface area contributed by atoms with Crippen LogP contribution in [0.5, 0.6) is 0 Å². The van der Waals surface area contributed by atoms with Crippen LogP contribution in [0.4, 0.5) is 0 Å². The molecule has 2 heterocycles. The lowest BCUT2D eigenvalue weighted by molar-refractivity contribution is 0.697. The van der Waals surface area contributed by atoms with Gasteiger partial charge in [-0.2, -0.15) is 0 Å². The van der Waals surface area contributed by atoms with Crippen molar-refractivity contribution in [1.82, 2.24) is 10.3 Å². The average Bonchev–Trinajstić information content (AvgIpc) is 2.77. The second-order valence-corrected chi connectivity index (χ2v) is 5.65. The van der Waals surface area contributed by atoms with E-state index in [0.717, 1.165) is 22.6 Å². The van der Waals surface area contributed by atoms with Crippen molar-refractivity contribution in [3.8, 4) is 0 Å². The van der Waals surface area contributed by atoms with Crippen molar-refractivity contribution in [2.75, 3.05) is 0 Å². The number of hydrogen-bond donors (Lipinski definition) is 1. The molecule has 0 amide bonds. The van der Waals surface area contributed by atoms with Crippen LogP contribution in [0.1, 0.15) is 9.88 Å². The zero-order valence-corrected chi connectivity index (χ0v) is 10.6. The predicted molar refractivity (Wildman–Crippen MR) is 64.7 cm³/mol. The molecule has 0 spiro atoms. The number of nitrogens with one attached hydrogen (secondary N) is 1. The minimum atomic E-state index is 0.854. The molecular formula is C9H9BrN2S2. The van der Waals surface area contributed by atoms with E-state index in [-0.39, 0.29) is 0 Å². The molecule has 0 bridgehead atoms. The molecule has 2 nitrogen and oxygen atoms in total. The summed E-state index contributed by atoms with van der Waals surface area (Å²) in [5.74, 6) is 0. The summed E-state index contributed by atoms with van der Waals surface area (Å²) in [5.41, 5.74) is 0. The van der Waals surface area contributed by atoms with Gasteiger partial charge < -0.3 is 5.32 Å². The largest absolute Gasteiger partial charge is 0.306 e. The standard InChI is InChI=1S/C9H9BrN2S2/c10-7-3-8(14-6-7)4-11-5-9-12-1-2-13-9/h1-3,6,11H,4-5H2. The van der Waals surface area contributed by atoms with E-state index < -0.39 is 0 Å². The molecule has 1 N–H and O–H groups in total. The fraction of sp³-hybridized carbons (Fsp3) is 0.222. The van der Waals surface area contributed by atoms with Crippen molar-refractivity contribution in [3.63, 3.8) is 0 Å². The van der Waals surface area contributed by atoms with Gasteiger partial charge in [0.2, 0.25) is 0 Å². The van der Waals surface area contributed by atoms with Crippen molar-refractivity contribution >= 4 is 38.6 Å². The lowest BCUT2D eigenvalue weighted by Crippen LogP contribution is -2.11. The third-order valence-electron chi connectivity index (χ3n) is 1.68. The van der Waals surface area contributed by atoms with Gasteiger partial charge in [0.15, 0.2) is 0 Å². The summed E-state index contributed by atoms with van der Waals surface area (Å²) in [4.78, 5) is 5.54. The minimum absolute atomic E-state index is 0.854. The Morgan fingerprint density at radius 2 is 2.29 bits per heavy atom. The quantitative estimate of drug-likeness (QED) is 0.934. The van der Waals surface area contributed by atoms with Crippen molar-refractivity contribution in [1.29, 1.82) is 0 Å². The fourth-order valence-corrected chi connectivity index (χ4v) is 3.09. The Morgan fingerprint density at radius 3 is 2.93 bits per heavy atom. The normalized spacial score (nSPS) is 10.6. The van der Waals surface area contributed by atoms with E-state index in [9.17, 15) is 0 Å². The van der Waals surface area contributed by atoms with Crippen LogP contribution in [-0.4, -0.2) is 4.98 Å². The highest BCUT2D eigenvalue weighted by Gasteiger charge is 1.98. The highest BCUT2D eigenvalue weighted by atomic mass is 79.9. The molecule has 2 aromatic rings. The Hall–Kier alpha value is -0.230. The molecular weight excluding hydrogens is 280 g/mol. The average molecular weight is 289 g/mol. The summed E-state index contributed by atoms with van der Waals surface area (Å²) >= 11 is 6.88. The number of aromatic nitrogens is 1. The van der Waals surface area contributed by atoms with Crippen molar-refractivity contribution in [2.45, 2.75) is 13.1 Å². The van der Waals surface area contributed by atoms with E-state index in [0.29, 0.717) is 0 Å². The molecule has 0 fully saturated rings. The molecule has 14 heavy (non-hydrogen) atoms. The van der Waals surface area contributed by atoms with Crippen molar-refractivity contribution in [3.05, 3.63) is 37.4 Å². The summed E-state index contributed by atoms with van der Waals surface area (Å²) < 4.78 is 1.16. The Morgan fingerprint density at radius 1 is 1.36 bits per heavy atom. The third-order valence-corrected chi connectivity index (χ3v) is 4.16. The smallest absolute Gasteiger partial charge is 0.106 e. The molecule has 0 aliphatic carbocycles. The van der Waals surface area contributed by atoms with Gasteiger partial charge in [0, 0.05) is 39.4 Å². The van der Waals surface area contributed by atoms with Crippen molar-refractivity contribution < 1.29 is 0 Å². The van der Waals surface area contributed by atoms with Crippen LogP contribution in [0.25, 0.3) is 0 Å². The van der Waals surface area contributed by atoms with Gasteiger partial charge in [-0.25, -0.2) is 4.98 Å². The highest BCUT2D eigenvalue weighted by molar-refractivity contribution is 9.10. The fourth-order valence-electron chi connectivity index (χ4n) is 1.08. The van der Waals surface area contributed by atoms with Crippen LogP contribution in [-0.2, 0) is 13.1 Å². The highest BCUT2D eigenvalue weighted by Crippen LogP contribution is 2.19. The van der Waals surface area contributed by atoms with Crippen LogP contribution in [0.3, 0.4) is 0 Å². The summed E-state index contributed by atoms with van der Waals surface area (Å²) in [6, 6.07) is 2.14. The second-order valence-electron chi connectivity index (χ2n) is 2.76. The van der Waals surface area contributed by atoms with E-state index in [1.165, 1.54) is 4.88 Å². The van der Waals surface area contributed by atoms with Gasteiger partial charge >= 0.3 is 0 Å². The SMILES string of the molecule is Brc1csc(CNCc2nccs2)c1. The van der Waals surface area contributed by atoms with Crippen LogP contribution in [0.2, 0.25) is 0 Å². The lowest BCUT2D eigenvalue weighted by Gasteiger charge is -1.98. The van der Waals surface area contributed by atoms with Gasteiger partial charge in [0.25, 0.3) is 0 Å². The number of thiazole rings is 1. The molecule has 0 saturated heterocycles. The van der Waals surface area contributed by atoms with E-state index in [1.807, 2.05) is 11.6 Å². The van der Waals surface area contributed by atoms with Gasteiger partial charge in [-0.1, -0.05) is 0 Å². The summed E-state index contributed by atoms with van der Waals surface area (Å²) in [5, 5.41) is 8.59. The number of halogens is 1. The third kappa shape index (κ3) is 2.88. The molecule has 0 radical (unpaired) electrons. The minimum Gasteiger partial charge on any atom is -0.306 e. The molecule has 0 unspecified atom stereocenters. The second kappa shape index (κ2) is 5.02. The Balaban J connectivity index is 1.78. The summed E-state index contributed by atoms with van der Waals surface area (Å²) in [6.45, 7) is 1.77. The van der Waals surface area contributed by atoms with Gasteiger partial charge in [-0.05, 0) is 22.0 Å². The number of rotatable bonds is 4. The molecule has 0 aliphatic heterocycles. The van der Waals surface area contributed by atoms with E-state index >= 15 is 0 Å². The molecule has 0 saturated carbocycles. The topological polar surface area (TPSA) is 24.9 Å². The lowest BCUT2D eigenvalue weighted by atomic mass is 10.4. The molecule has 5 heteroatoms. The zero-order valence-electron chi connectivity index (χ0n) is 7.37.